The standard InChI is InChI=1S/C16H12F2N2O3/c17-11-4-5-13(18)14(9-11)20-7-6-19(16(20)23)12-3-1-2-10(8-12)15(21)22/h1-5,8-9H,6-7H2,(H,21,22). The summed E-state index contributed by atoms with van der Waals surface area (Å²) in [5.41, 5.74) is 0.312. The van der Waals surface area contributed by atoms with Crippen molar-refractivity contribution in [1.82, 2.24) is 0 Å². The SMILES string of the molecule is O=C(O)c1cccc(N2CCN(c3cc(F)ccc3F)C2=O)c1. The van der Waals surface area contributed by atoms with E-state index in [0.29, 0.717) is 5.69 Å². The first kappa shape index (κ1) is 15.0. The molecule has 2 amide bonds. The first-order chi connectivity index (χ1) is 11.0. The molecule has 0 aromatic heterocycles. The van der Waals surface area contributed by atoms with E-state index in [9.17, 15) is 18.4 Å². The Balaban J connectivity index is 1.91. The number of nitrogens with zero attached hydrogens (tertiary/aromatic N) is 2. The van der Waals surface area contributed by atoms with Gasteiger partial charge in [0.25, 0.3) is 0 Å². The van der Waals surface area contributed by atoms with Gasteiger partial charge in [-0.05, 0) is 30.3 Å². The molecule has 1 fully saturated rings. The normalized spacial score (nSPS) is 14.4. The summed E-state index contributed by atoms with van der Waals surface area (Å²) in [6.45, 7) is 0.425. The van der Waals surface area contributed by atoms with Gasteiger partial charge in [-0.3, -0.25) is 9.80 Å². The highest BCUT2D eigenvalue weighted by atomic mass is 19.1. The number of urea groups is 1. The van der Waals surface area contributed by atoms with Crippen molar-refractivity contribution in [1.29, 1.82) is 0 Å². The van der Waals surface area contributed by atoms with Gasteiger partial charge in [0, 0.05) is 24.8 Å². The second-order valence-corrected chi connectivity index (χ2v) is 5.04. The van der Waals surface area contributed by atoms with Gasteiger partial charge in [0.1, 0.15) is 11.6 Å². The van der Waals surface area contributed by atoms with Crippen molar-refractivity contribution < 1.29 is 23.5 Å². The quantitative estimate of drug-likeness (QED) is 0.946. The zero-order chi connectivity index (χ0) is 16.6. The summed E-state index contributed by atoms with van der Waals surface area (Å²) in [5.74, 6) is -2.44. The lowest BCUT2D eigenvalue weighted by Gasteiger charge is -2.19. The Labute approximate surface area is 130 Å². The Bertz CT molecular complexity index is 795. The van der Waals surface area contributed by atoms with Gasteiger partial charge in [0.2, 0.25) is 0 Å². The number of aromatic carboxylic acids is 1. The Hall–Kier alpha value is -2.96. The molecule has 1 saturated heterocycles. The van der Waals surface area contributed by atoms with Crippen molar-refractivity contribution in [2.24, 2.45) is 0 Å². The van der Waals surface area contributed by atoms with Crippen molar-refractivity contribution in [3.05, 3.63) is 59.7 Å². The largest absolute Gasteiger partial charge is 0.478 e. The fraction of sp³-hybridized carbons (Fsp3) is 0.125. The van der Waals surface area contributed by atoms with Gasteiger partial charge >= 0.3 is 12.0 Å². The molecular formula is C16H12F2N2O3. The Morgan fingerprint density at radius 3 is 2.52 bits per heavy atom. The highest BCUT2D eigenvalue weighted by molar-refractivity contribution is 6.06. The lowest BCUT2D eigenvalue weighted by Crippen LogP contribution is -2.32. The number of carbonyl (C=O) groups is 2. The maximum absolute atomic E-state index is 13.8. The number of benzene rings is 2. The monoisotopic (exact) mass is 318 g/mol. The molecule has 1 aliphatic rings. The second kappa shape index (κ2) is 5.68. The number of carbonyl (C=O) groups excluding carboxylic acids is 1. The summed E-state index contributed by atoms with van der Waals surface area (Å²) in [4.78, 5) is 25.9. The smallest absolute Gasteiger partial charge is 0.335 e. The van der Waals surface area contributed by atoms with Gasteiger partial charge in [-0.25, -0.2) is 18.4 Å². The molecule has 0 unspecified atom stereocenters. The molecule has 0 spiro atoms. The van der Waals surface area contributed by atoms with Crippen LogP contribution in [0.4, 0.5) is 25.0 Å². The number of halogens is 2. The minimum Gasteiger partial charge on any atom is -0.478 e. The fourth-order valence-corrected chi connectivity index (χ4v) is 2.50. The van der Waals surface area contributed by atoms with Crippen molar-refractivity contribution in [2.45, 2.75) is 0 Å². The molecule has 7 heteroatoms. The fourth-order valence-electron chi connectivity index (χ4n) is 2.50. The number of carboxylic acids is 1. The van der Waals surface area contributed by atoms with E-state index in [4.69, 9.17) is 5.11 Å². The van der Waals surface area contributed by atoms with E-state index in [2.05, 4.69) is 0 Å². The Morgan fingerprint density at radius 2 is 1.78 bits per heavy atom. The van der Waals surface area contributed by atoms with Crippen molar-refractivity contribution in [2.75, 3.05) is 22.9 Å². The number of amides is 2. The van der Waals surface area contributed by atoms with Gasteiger partial charge in [0.05, 0.1) is 11.3 Å². The number of carboxylic acid groups (broad SMARTS) is 1. The highest BCUT2D eigenvalue weighted by Gasteiger charge is 2.32. The summed E-state index contributed by atoms with van der Waals surface area (Å²) in [5, 5.41) is 9.01. The number of hydrogen-bond acceptors (Lipinski definition) is 2. The molecule has 3 rings (SSSR count). The lowest BCUT2D eigenvalue weighted by molar-refractivity contribution is 0.0697. The Morgan fingerprint density at radius 1 is 1.04 bits per heavy atom. The van der Waals surface area contributed by atoms with Gasteiger partial charge in [-0.15, -0.1) is 0 Å². The third-order valence-electron chi connectivity index (χ3n) is 3.61. The summed E-state index contributed by atoms with van der Waals surface area (Å²) in [6, 6.07) is 8.27. The average Bonchev–Trinajstić information content (AvgIpc) is 2.91. The molecular weight excluding hydrogens is 306 g/mol. The highest BCUT2D eigenvalue weighted by Crippen LogP contribution is 2.28. The van der Waals surface area contributed by atoms with Crippen LogP contribution in [0.5, 0.6) is 0 Å². The summed E-state index contributed by atoms with van der Waals surface area (Å²) < 4.78 is 27.1. The molecule has 0 radical (unpaired) electrons. The predicted octanol–water partition coefficient (Wildman–Crippen LogP) is 3.11. The van der Waals surface area contributed by atoms with Crippen LogP contribution in [0.1, 0.15) is 10.4 Å². The van der Waals surface area contributed by atoms with Crippen molar-refractivity contribution in [3.8, 4) is 0 Å². The molecule has 0 saturated carbocycles. The first-order valence-corrected chi connectivity index (χ1v) is 6.85. The summed E-state index contributed by atoms with van der Waals surface area (Å²) in [6.07, 6.45) is 0. The van der Waals surface area contributed by atoms with Crippen LogP contribution < -0.4 is 9.80 Å². The van der Waals surface area contributed by atoms with E-state index >= 15 is 0 Å². The molecule has 2 aromatic carbocycles. The summed E-state index contributed by atoms with van der Waals surface area (Å²) >= 11 is 0. The molecule has 2 aromatic rings. The van der Waals surface area contributed by atoms with Crippen molar-refractivity contribution in [3.63, 3.8) is 0 Å². The van der Waals surface area contributed by atoms with Gasteiger partial charge < -0.3 is 5.11 Å². The molecule has 23 heavy (non-hydrogen) atoms. The molecule has 0 bridgehead atoms. The van der Waals surface area contributed by atoms with Crippen LogP contribution >= 0.6 is 0 Å². The van der Waals surface area contributed by atoms with Crippen LogP contribution in [0.25, 0.3) is 0 Å². The zero-order valence-electron chi connectivity index (χ0n) is 11.9. The van der Waals surface area contributed by atoms with Crippen LogP contribution in [0, 0.1) is 11.6 Å². The second-order valence-electron chi connectivity index (χ2n) is 5.04. The van der Waals surface area contributed by atoms with Gasteiger partial charge in [0.15, 0.2) is 0 Å². The molecule has 118 valence electrons. The molecule has 0 atom stereocenters. The average molecular weight is 318 g/mol. The maximum Gasteiger partial charge on any atom is 0.335 e. The molecule has 1 aliphatic heterocycles. The maximum atomic E-state index is 13.8. The third-order valence-corrected chi connectivity index (χ3v) is 3.61. The van der Waals surface area contributed by atoms with E-state index in [-0.39, 0.29) is 24.3 Å². The first-order valence-electron chi connectivity index (χ1n) is 6.85. The zero-order valence-corrected chi connectivity index (χ0v) is 11.9. The molecule has 0 aliphatic carbocycles. The van der Waals surface area contributed by atoms with E-state index in [1.165, 1.54) is 23.1 Å². The minimum absolute atomic E-state index is 0.0469. The number of rotatable bonds is 3. The molecule has 5 nitrogen and oxygen atoms in total. The van der Waals surface area contributed by atoms with Crippen LogP contribution in [0.15, 0.2) is 42.5 Å². The molecule has 1 N–H and O–H groups in total. The minimum atomic E-state index is -1.11. The van der Waals surface area contributed by atoms with Gasteiger partial charge in [-0.2, -0.15) is 0 Å². The Kier molecular flexibility index (Phi) is 3.69. The van der Waals surface area contributed by atoms with Crippen LogP contribution in [0.2, 0.25) is 0 Å². The number of hydrogen-bond donors (Lipinski definition) is 1. The molecule has 1 heterocycles. The summed E-state index contributed by atoms with van der Waals surface area (Å²) in [7, 11) is 0. The predicted molar refractivity (Wildman–Crippen MR) is 79.8 cm³/mol. The van der Waals surface area contributed by atoms with E-state index < -0.39 is 23.6 Å². The van der Waals surface area contributed by atoms with E-state index in [0.717, 1.165) is 23.1 Å². The van der Waals surface area contributed by atoms with Gasteiger partial charge in [-0.1, -0.05) is 6.07 Å². The van der Waals surface area contributed by atoms with Crippen LogP contribution in [-0.4, -0.2) is 30.2 Å². The van der Waals surface area contributed by atoms with Crippen LogP contribution in [0.3, 0.4) is 0 Å². The number of anilines is 2. The third kappa shape index (κ3) is 2.73. The topological polar surface area (TPSA) is 60.9 Å². The van der Waals surface area contributed by atoms with E-state index in [1.54, 1.807) is 6.07 Å². The lowest BCUT2D eigenvalue weighted by atomic mass is 10.2. The van der Waals surface area contributed by atoms with Crippen molar-refractivity contribution >= 4 is 23.4 Å². The van der Waals surface area contributed by atoms with Crippen LogP contribution in [-0.2, 0) is 0 Å². The van der Waals surface area contributed by atoms with E-state index in [1.807, 2.05) is 0 Å².